The summed E-state index contributed by atoms with van der Waals surface area (Å²) in [6.45, 7) is 2.10. The van der Waals surface area contributed by atoms with Gasteiger partial charge in [-0.3, -0.25) is 0 Å². The molecule has 0 aliphatic heterocycles. The summed E-state index contributed by atoms with van der Waals surface area (Å²) in [6.07, 6.45) is 4.84. The molecule has 18 heavy (non-hydrogen) atoms. The molecular formula is C12H16N5P. The van der Waals surface area contributed by atoms with Gasteiger partial charge in [-0.25, -0.2) is 4.98 Å². The van der Waals surface area contributed by atoms with E-state index in [1.165, 1.54) is 5.57 Å². The van der Waals surface area contributed by atoms with Gasteiger partial charge >= 0.3 is 0 Å². The highest BCUT2D eigenvalue weighted by atomic mass is 31.0. The maximum Gasteiger partial charge on any atom is 0.252 e. The molecule has 0 aromatic carbocycles. The molecule has 0 saturated heterocycles. The van der Waals surface area contributed by atoms with Crippen molar-refractivity contribution < 1.29 is 0 Å². The molecule has 2 heterocycles. The van der Waals surface area contributed by atoms with Crippen LogP contribution in [0.5, 0.6) is 0 Å². The minimum atomic E-state index is 0.308. The van der Waals surface area contributed by atoms with Gasteiger partial charge in [0.15, 0.2) is 0 Å². The zero-order valence-corrected chi connectivity index (χ0v) is 11.6. The molecule has 3 atom stereocenters. The van der Waals surface area contributed by atoms with Crippen molar-refractivity contribution in [3.8, 4) is 0 Å². The van der Waals surface area contributed by atoms with Crippen molar-refractivity contribution in [3.63, 3.8) is 0 Å². The summed E-state index contributed by atoms with van der Waals surface area (Å²) in [5, 5.41) is 7.48. The molecule has 0 amide bonds. The van der Waals surface area contributed by atoms with Crippen LogP contribution in [0.25, 0.3) is 11.9 Å². The fraction of sp³-hybridized carbons (Fsp3) is 0.417. The molecule has 0 bridgehead atoms. The van der Waals surface area contributed by atoms with E-state index in [1.54, 1.807) is 10.8 Å². The highest BCUT2D eigenvalue weighted by molar-refractivity contribution is 7.17. The van der Waals surface area contributed by atoms with E-state index >= 15 is 0 Å². The van der Waals surface area contributed by atoms with Crippen LogP contribution in [0.1, 0.15) is 30.4 Å². The normalized spacial score (nSPS) is 22.6. The van der Waals surface area contributed by atoms with Gasteiger partial charge in [0.25, 0.3) is 5.78 Å². The third-order valence-electron chi connectivity index (χ3n) is 3.17. The van der Waals surface area contributed by atoms with Gasteiger partial charge in [-0.15, -0.1) is 9.24 Å². The second-order valence-corrected chi connectivity index (χ2v) is 5.63. The van der Waals surface area contributed by atoms with Crippen LogP contribution in [0.3, 0.4) is 0 Å². The standard InChI is InChI=1S/C12H16N5P/c1-7(18)10-5-9(3-8-4-11(8)13-2)17-12(16-10)14-6-15-17/h3,5-7,11,13H,4,18H2,1-2H3/b8-3-/t7?,11-/m0/s1. The molecule has 1 aliphatic rings. The van der Waals surface area contributed by atoms with E-state index in [4.69, 9.17) is 0 Å². The van der Waals surface area contributed by atoms with Crippen LogP contribution in [-0.4, -0.2) is 32.7 Å². The van der Waals surface area contributed by atoms with E-state index < -0.39 is 0 Å². The van der Waals surface area contributed by atoms with E-state index in [1.807, 2.05) is 7.05 Å². The molecule has 0 radical (unpaired) electrons. The highest BCUT2D eigenvalue weighted by Crippen LogP contribution is 2.31. The Morgan fingerprint density at radius 1 is 1.61 bits per heavy atom. The van der Waals surface area contributed by atoms with Crippen molar-refractivity contribution in [1.29, 1.82) is 0 Å². The van der Waals surface area contributed by atoms with E-state index in [0.717, 1.165) is 17.8 Å². The van der Waals surface area contributed by atoms with Crippen molar-refractivity contribution in [2.24, 2.45) is 0 Å². The Labute approximate surface area is 108 Å². The Morgan fingerprint density at radius 2 is 2.44 bits per heavy atom. The Balaban J connectivity index is 2.09. The maximum absolute atomic E-state index is 4.49. The molecule has 94 valence electrons. The summed E-state index contributed by atoms with van der Waals surface area (Å²) in [5.41, 5.74) is 3.79. The van der Waals surface area contributed by atoms with Gasteiger partial charge in [-0.1, -0.05) is 6.92 Å². The fourth-order valence-electron chi connectivity index (χ4n) is 2.00. The molecule has 1 aliphatic carbocycles. The van der Waals surface area contributed by atoms with E-state index in [0.29, 0.717) is 17.5 Å². The largest absolute Gasteiger partial charge is 0.313 e. The van der Waals surface area contributed by atoms with Crippen LogP contribution in [0.4, 0.5) is 0 Å². The van der Waals surface area contributed by atoms with Crippen molar-refractivity contribution in [2.45, 2.75) is 25.0 Å². The minimum absolute atomic E-state index is 0.308. The highest BCUT2D eigenvalue weighted by Gasteiger charge is 2.27. The number of nitrogens with zero attached hydrogens (tertiary/aromatic N) is 4. The summed E-state index contributed by atoms with van der Waals surface area (Å²) < 4.78 is 1.79. The number of nitrogens with one attached hydrogen (secondary N) is 1. The third kappa shape index (κ3) is 2.04. The first-order chi connectivity index (χ1) is 8.69. The molecule has 1 saturated carbocycles. The topological polar surface area (TPSA) is 55.1 Å². The van der Waals surface area contributed by atoms with Gasteiger partial charge in [-0.2, -0.15) is 14.6 Å². The lowest BCUT2D eigenvalue weighted by Gasteiger charge is -2.06. The first kappa shape index (κ1) is 11.8. The second-order valence-electron chi connectivity index (χ2n) is 4.63. The van der Waals surface area contributed by atoms with Gasteiger partial charge in [0, 0.05) is 11.7 Å². The zero-order chi connectivity index (χ0) is 12.7. The first-order valence-corrected chi connectivity index (χ1v) is 6.69. The lowest BCUT2D eigenvalue weighted by atomic mass is 10.2. The number of hydrogen-bond acceptors (Lipinski definition) is 4. The van der Waals surface area contributed by atoms with Crippen LogP contribution in [0.2, 0.25) is 0 Å². The van der Waals surface area contributed by atoms with Gasteiger partial charge in [-0.05, 0) is 31.2 Å². The summed E-state index contributed by atoms with van der Waals surface area (Å²) >= 11 is 0. The maximum atomic E-state index is 4.49. The number of aromatic nitrogens is 4. The lowest BCUT2D eigenvalue weighted by molar-refractivity contribution is 0.831. The summed E-state index contributed by atoms with van der Waals surface area (Å²) in [5.74, 6) is 0.662. The Bertz CT molecular complexity index is 616. The smallest absolute Gasteiger partial charge is 0.252 e. The van der Waals surface area contributed by atoms with Crippen LogP contribution < -0.4 is 5.32 Å². The predicted molar refractivity (Wildman–Crippen MR) is 74.3 cm³/mol. The molecule has 2 aromatic heterocycles. The lowest BCUT2D eigenvalue weighted by Crippen LogP contribution is -2.08. The summed E-state index contributed by atoms with van der Waals surface area (Å²) in [4.78, 5) is 8.66. The number of hydrogen-bond donors (Lipinski definition) is 1. The Hall–Kier alpha value is -1.32. The summed E-state index contributed by atoms with van der Waals surface area (Å²) in [6, 6.07) is 2.60. The first-order valence-electron chi connectivity index (χ1n) is 6.03. The average Bonchev–Trinajstić information content (AvgIpc) is 2.92. The molecule has 1 N–H and O–H groups in total. The molecule has 2 aromatic rings. The van der Waals surface area contributed by atoms with Crippen LogP contribution in [0, 0.1) is 0 Å². The van der Waals surface area contributed by atoms with Crippen LogP contribution in [0.15, 0.2) is 18.0 Å². The van der Waals surface area contributed by atoms with Crippen molar-refractivity contribution in [3.05, 3.63) is 29.4 Å². The molecule has 0 spiro atoms. The van der Waals surface area contributed by atoms with Crippen molar-refractivity contribution >= 4 is 21.1 Å². The molecule has 2 unspecified atom stereocenters. The number of fused-ring (bicyclic) bond motifs is 1. The zero-order valence-electron chi connectivity index (χ0n) is 10.5. The fourth-order valence-corrected chi connectivity index (χ4v) is 2.17. The quantitative estimate of drug-likeness (QED) is 0.849. The molecule has 5 nitrogen and oxygen atoms in total. The van der Waals surface area contributed by atoms with E-state index in [-0.39, 0.29) is 0 Å². The van der Waals surface area contributed by atoms with Gasteiger partial charge in [0.05, 0.1) is 11.4 Å². The Morgan fingerprint density at radius 3 is 3.11 bits per heavy atom. The number of likely N-dealkylation sites (N-methyl/N-ethyl adjacent to an activating group) is 1. The van der Waals surface area contributed by atoms with E-state index in [9.17, 15) is 0 Å². The summed E-state index contributed by atoms with van der Waals surface area (Å²) in [7, 11) is 4.75. The SMILES string of the molecule is CN[C@H]1C/C1=C/c1cc(C(C)P)nc2ncnn12. The molecule has 1 fully saturated rings. The monoisotopic (exact) mass is 261 g/mol. The molecule has 6 heteroatoms. The average molecular weight is 261 g/mol. The van der Waals surface area contributed by atoms with Crippen molar-refractivity contribution in [1.82, 2.24) is 24.9 Å². The van der Waals surface area contributed by atoms with Crippen molar-refractivity contribution in [2.75, 3.05) is 7.05 Å². The number of rotatable bonds is 3. The third-order valence-corrected chi connectivity index (χ3v) is 3.52. The van der Waals surface area contributed by atoms with E-state index in [2.05, 4.69) is 48.7 Å². The second kappa shape index (κ2) is 4.41. The van der Waals surface area contributed by atoms with Gasteiger partial charge in [0.1, 0.15) is 6.33 Å². The minimum Gasteiger partial charge on any atom is -0.313 e. The van der Waals surface area contributed by atoms with Gasteiger partial charge < -0.3 is 5.32 Å². The predicted octanol–water partition coefficient (Wildman–Crippen LogP) is 1.44. The Kier molecular flexibility index (Phi) is 2.88. The molecular weight excluding hydrogens is 245 g/mol. The van der Waals surface area contributed by atoms with Gasteiger partial charge in [0.2, 0.25) is 0 Å². The molecule has 3 rings (SSSR count). The van der Waals surface area contributed by atoms with Crippen LogP contribution in [-0.2, 0) is 0 Å². The van der Waals surface area contributed by atoms with Crippen LogP contribution >= 0.6 is 9.24 Å².